The van der Waals surface area contributed by atoms with Gasteiger partial charge in [-0.25, -0.2) is 0 Å². The van der Waals surface area contributed by atoms with Crippen molar-refractivity contribution in [3.63, 3.8) is 0 Å². The minimum absolute atomic E-state index is 0.0440. The molecule has 6 nitrogen and oxygen atoms in total. The Morgan fingerprint density at radius 2 is 1.79 bits per heavy atom. The number of allylic oxidation sites excluding steroid dienone is 4. The topological polar surface area (TPSA) is 116 Å². The van der Waals surface area contributed by atoms with Crippen molar-refractivity contribution in [2.75, 3.05) is 13.2 Å². The summed E-state index contributed by atoms with van der Waals surface area (Å²) in [4.78, 5) is 0. The molecule has 0 saturated heterocycles. The number of rotatable bonds is 6. The van der Waals surface area contributed by atoms with Crippen LogP contribution in [0.4, 0.5) is 0 Å². The highest BCUT2D eigenvalue weighted by Crippen LogP contribution is 2.58. The van der Waals surface area contributed by atoms with Crippen LogP contribution in [0.5, 0.6) is 11.5 Å². The fourth-order valence-corrected chi connectivity index (χ4v) is 5.29. The Kier molecular flexibility index (Phi) is 7.28. The summed E-state index contributed by atoms with van der Waals surface area (Å²) in [6, 6.07) is 12.3. The summed E-state index contributed by atoms with van der Waals surface area (Å²) in [7, 11) is 0. The molecule has 0 unspecified atom stereocenters. The zero-order valence-corrected chi connectivity index (χ0v) is 20.8. The third-order valence-electron chi connectivity index (χ3n) is 7.19. The first-order chi connectivity index (χ1) is 16.2. The second-order valence-corrected chi connectivity index (χ2v) is 10.2. The maximum atomic E-state index is 10.3. The first-order valence-electron chi connectivity index (χ1n) is 12.0. The average Bonchev–Trinajstić information content (AvgIpc) is 2.82. The maximum Gasteiger partial charge on any atom is 0.191 e. The first-order valence-corrected chi connectivity index (χ1v) is 12.0. The Morgan fingerprint density at radius 3 is 2.35 bits per heavy atom. The molecule has 1 aromatic carbocycles. The molecular weight excluding hydrogens is 424 g/mol. The highest BCUT2D eigenvalue weighted by atomic mass is 16.5. The van der Waals surface area contributed by atoms with Crippen molar-refractivity contribution in [1.82, 2.24) is 0 Å². The van der Waals surface area contributed by atoms with Crippen molar-refractivity contribution in [1.29, 1.82) is 15.8 Å². The molecule has 1 aromatic rings. The minimum atomic E-state index is -1.65. The molecule has 2 N–H and O–H groups in total. The Labute approximate surface area is 203 Å². The van der Waals surface area contributed by atoms with Gasteiger partial charge in [0.05, 0.1) is 36.6 Å². The van der Waals surface area contributed by atoms with E-state index >= 15 is 0 Å². The molecule has 34 heavy (non-hydrogen) atoms. The summed E-state index contributed by atoms with van der Waals surface area (Å²) in [6.07, 6.45) is 4.57. The molecule has 0 bridgehead atoms. The maximum absolute atomic E-state index is 10.3. The van der Waals surface area contributed by atoms with E-state index in [0.717, 1.165) is 30.4 Å². The second-order valence-electron chi connectivity index (χ2n) is 10.2. The summed E-state index contributed by atoms with van der Waals surface area (Å²) in [5.74, 6) is 0.847. The monoisotopic (exact) mass is 458 g/mol. The van der Waals surface area contributed by atoms with E-state index in [1.54, 1.807) is 0 Å². The molecular formula is C28H34N4O2. The van der Waals surface area contributed by atoms with Gasteiger partial charge in [-0.15, -0.1) is 0 Å². The van der Waals surface area contributed by atoms with E-state index in [1.165, 1.54) is 0 Å². The number of hydrogen-bond donors (Lipinski definition) is 1. The molecule has 0 spiro atoms. The van der Waals surface area contributed by atoms with Crippen LogP contribution in [0.3, 0.4) is 0 Å². The van der Waals surface area contributed by atoms with Crippen LogP contribution in [0.25, 0.3) is 0 Å². The van der Waals surface area contributed by atoms with Crippen molar-refractivity contribution in [3.8, 4) is 29.7 Å². The third kappa shape index (κ3) is 4.24. The van der Waals surface area contributed by atoms with E-state index in [0.29, 0.717) is 30.6 Å². The number of hydrogen-bond acceptors (Lipinski definition) is 6. The lowest BCUT2D eigenvalue weighted by molar-refractivity contribution is 0.170. The molecule has 0 amide bonds. The van der Waals surface area contributed by atoms with Gasteiger partial charge in [-0.05, 0) is 66.7 Å². The third-order valence-corrected chi connectivity index (χ3v) is 7.19. The number of fused-ring (bicyclic) bond motifs is 1. The largest absolute Gasteiger partial charge is 0.490 e. The van der Waals surface area contributed by atoms with Gasteiger partial charge < -0.3 is 15.2 Å². The SMILES string of the molecule is CCCOc1ccc([C@H]2[C@@H]3C[C@@H](C(C)(C)C)CC=C3C(C#N)=C(N)C2(C#N)C#N)cc1OCC. The fraction of sp³-hybridized carbons (Fsp3) is 0.536. The van der Waals surface area contributed by atoms with E-state index in [2.05, 4.69) is 45.1 Å². The first kappa shape index (κ1) is 25.2. The van der Waals surface area contributed by atoms with E-state index in [1.807, 2.05) is 32.0 Å². The van der Waals surface area contributed by atoms with Gasteiger partial charge in [0, 0.05) is 5.92 Å². The molecule has 3 rings (SSSR count). The Morgan fingerprint density at radius 1 is 1.09 bits per heavy atom. The van der Waals surface area contributed by atoms with Crippen LogP contribution in [0, 0.1) is 56.7 Å². The van der Waals surface area contributed by atoms with Gasteiger partial charge >= 0.3 is 0 Å². The van der Waals surface area contributed by atoms with Crippen molar-refractivity contribution in [3.05, 3.63) is 46.7 Å². The Hall–Kier alpha value is -3.43. The zero-order valence-electron chi connectivity index (χ0n) is 20.8. The van der Waals surface area contributed by atoms with E-state index in [-0.39, 0.29) is 22.6 Å². The second kappa shape index (κ2) is 9.82. The summed E-state index contributed by atoms with van der Waals surface area (Å²) < 4.78 is 11.7. The lowest BCUT2D eigenvalue weighted by Crippen LogP contribution is -2.44. The molecule has 6 heteroatoms. The summed E-state index contributed by atoms with van der Waals surface area (Å²) in [6.45, 7) is 11.6. The normalized spacial score (nSPS) is 23.6. The molecule has 2 aliphatic carbocycles. The molecule has 178 valence electrons. The van der Waals surface area contributed by atoms with E-state index in [4.69, 9.17) is 15.2 Å². The number of nitrogens with zero attached hydrogens (tertiary/aromatic N) is 3. The van der Waals surface area contributed by atoms with Gasteiger partial charge in [0.1, 0.15) is 6.07 Å². The number of nitrogens with two attached hydrogens (primary N) is 1. The fourth-order valence-electron chi connectivity index (χ4n) is 5.29. The molecule has 0 aliphatic heterocycles. The molecule has 0 saturated carbocycles. The van der Waals surface area contributed by atoms with Crippen LogP contribution in [0.15, 0.2) is 41.1 Å². The van der Waals surface area contributed by atoms with Crippen LogP contribution in [0.2, 0.25) is 0 Å². The number of benzene rings is 1. The van der Waals surface area contributed by atoms with Gasteiger partial charge in [-0.2, -0.15) is 15.8 Å². The van der Waals surface area contributed by atoms with Crippen molar-refractivity contribution in [2.24, 2.45) is 28.4 Å². The number of ether oxygens (including phenoxy) is 2. The zero-order chi connectivity index (χ0) is 25.1. The van der Waals surface area contributed by atoms with Gasteiger partial charge in [0.25, 0.3) is 0 Å². The highest BCUT2D eigenvalue weighted by Gasteiger charge is 2.55. The Balaban J connectivity index is 2.25. The van der Waals surface area contributed by atoms with E-state index in [9.17, 15) is 15.8 Å². The van der Waals surface area contributed by atoms with Gasteiger partial charge in [0.2, 0.25) is 0 Å². The molecule has 0 radical (unpaired) electrons. The predicted octanol–water partition coefficient (Wildman–Crippen LogP) is 5.74. The molecule has 0 aromatic heterocycles. The lowest BCUT2D eigenvalue weighted by atomic mass is 9.54. The van der Waals surface area contributed by atoms with Crippen LogP contribution in [-0.4, -0.2) is 13.2 Å². The molecule has 2 aliphatic rings. The summed E-state index contributed by atoms with van der Waals surface area (Å²) in [5.41, 5.74) is 6.82. The smallest absolute Gasteiger partial charge is 0.191 e. The molecule has 0 fully saturated rings. The van der Waals surface area contributed by atoms with E-state index < -0.39 is 11.3 Å². The predicted molar refractivity (Wildman–Crippen MR) is 130 cm³/mol. The average molecular weight is 459 g/mol. The van der Waals surface area contributed by atoms with Crippen LogP contribution in [-0.2, 0) is 0 Å². The van der Waals surface area contributed by atoms with Crippen LogP contribution in [0.1, 0.15) is 65.4 Å². The van der Waals surface area contributed by atoms with Crippen molar-refractivity contribution >= 4 is 0 Å². The summed E-state index contributed by atoms with van der Waals surface area (Å²) in [5, 5.41) is 30.6. The quantitative estimate of drug-likeness (QED) is 0.581. The standard InChI is InChI=1S/C28H34N4O2/c1-6-12-34-23-11-8-18(13-24(23)33-7-2)25-21-14-19(27(3,4)5)9-10-20(21)22(15-29)26(32)28(25,16-30)17-31/h8,10-11,13,19,21,25H,6-7,9,12,14,32H2,1-5H3/t19-,21+,25-/m0/s1. The highest BCUT2D eigenvalue weighted by molar-refractivity contribution is 5.60. The van der Waals surface area contributed by atoms with Crippen molar-refractivity contribution < 1.29 is 9.47 Å². The Bertz CT molecular complexity index is 1110. The summed E-state index contributed by atoms with van der Waals surface area (Å²) >= 11 is 0. The van der Waals surface area contributed by atoms with Gasteiger partial charge in [-0.3, -0.25) is 0 Å². The van der Waals surface area contributed by atoms with Gasteiger partial charge in [-0.1, -0.05) is 39.8 Å². The van der Waals surface area contributed by atoms with Crippen LogP contribution < -0.4 is 15.2 Å². The molecule has 3 atom stereocenters. The van der Waals surface area contributed by atoms with Crippen LogP contribution >= 0.6 is 0 Å². The minimum Gasteiger partial charge on any atom is -0.490 e. The number of nitriles is 3. The van der Waals surface area contributed by atoms with Gasteiger partial charge in [0.15, 0.2) is 16.9 Å². The molecule has 0 heterocycles. The van der Waals surface area contributed by atoms with Crippen molar-refractivity contribution in [2.45, 2.75) is 59.8 Å². The lowest BCUT2D eigenvalue weighted by Gasteiger charge is -2.47.